The minimum Gasteiger partial charge on any atom is -0.397 e. The number of carbonyl (C=O) groups excluding carboxylic acids is 2. The van der Waals surface area contributed by atoms with Crippen molar-refractivity contribution < 1.29 is 22.2 Å². The van der Waals surface area contributed by atoms with Gasteiger partial charge in [-0.25, -0.2) is 0 Å². The van der Waals surface area contributed by atoms with Crippen LogP contribution < -0.4 is 20.1 Å². The van der Waals surface area contributed by atoms with Gasteiger partial charge in [0.1, 0.15) is 5.75 Å². The summed E-state index contributed by atoms with van der Waals surface area (Å²) in [4.78, 5) is 26.3. The first-order chi connectivity index (χ1) is 15.1. The molecule has 3 aromatic carbocycles. The summed E-state index contributed by atoms with van der Waals surface area (Å²) < 4.78 is 27.4. The van der Waals surface area contributed by atoms with Crippen LogP contribution in [0.15, 0.2) is 60.7 Å². The lowest BCUT2D eigenvalue weighted by molar-refractivity contribution is -0.117. The van der Waals surface area contributed by atoms with Crippen LogP contribution in [-0.2, 0) is 21.3 Å². The number of nitrogen functional groups attached to an aromatic ring is 1. The molecule has 0 spiro atoms. The lowest BCUT2D eigenvalue weighted by Crippen LogP contribution is -2.20. The quantitative estimate of drug-likeness (QED) is 0.455. The highest BCUT2D eigenvalue weighted by Crippen LogP contribution is 2.31. The number of carbonyl (C=O) groups is 2. The second kappa shape index (κ2) is 8.01. The highest BCUT2D eigenvalue weighted by atomic mass is 32.2. The summed E-state index contributed by atoms with van der Waals surface area (Å²) in [5.74, 6) is -0.140. The number of amides is 2. The van der Waals surface area contributed by atoms with E-state index < -0.39 is 10.1 Å². The fourth-order valence-electron chi connectivity index (χ4n) is 3.53. The van der Waals surface area contributed by atoms with Gasteiger partial charge in [0, 0.05) is 18.3 Å². The third-order valence-corrected chi connectivity index (χ3v) is 5.65. The van der Waals surface area contributed by atoms with Gasteiger partial charge in [0.05, 0.1) is 24.1 Å². The molecule has 0 saturated carbocycles. The Morgan fingerprint density at radius 3 is 2.41 bits per heavy atom. The Balaban J connectivity index is 1.55. The van der Waals surface area contributed by atoms with Gasteiger partial charge in [-0.15, -0.1) is 0 Å². The number of hydrogen-bond acceptors (Lipinski definition) is 6. The molecule has 0 radical (unpaired) electrons. The number of benzene rings is 3. The zero-order chi connectivity index (χ0) is 23.0. The summed E-state index contributed by atoms with van der Waals surface area (Å²) in [5, 5.41) is 2.83. The molecule has 3 N–H and O–H groups in total. The van der Waals surface area contributed by atoms with Gasteiger partial charge < -0.3 is 20.1 Å². The Labute approximate surface area is 185 Å². The summed E-state index contributed by atoms with van der Waals surface area (Å²) in [7, 11) is -1.89. The van der Waals surface area contributed by atoms with E-state index in [1.165, 1.54) is 0 Å². The smallest absolute Gasteiger partial charge is 0.306 e. The highest BCUT2D eigenvalue weighted by Gasteiger charge is 2.25. The molecule has 9 heteroatoms. The number of nitrogens with zero attached hydrogens (tertiary/aromatic N) is 1. The lowest BCUT2D eigenvalue weighted by Gasteiger charge is -2.13. The molecular formula is C23H21N3O5S. The second-order valence-electron chi connectivity index (χ2n) is 7.54. The van der Waals surface area contributed by atoms with E-state index in [1.54, 1.807) is 72.6 Å². The summed E-state index contributed by atoms with van der Waals surface area (Å²) in [6.07, 6.45) is 1.25. The minimum atomic E-state index is -3.60. The number of nitrogens with two attached hydrogens (primary N) is 1. The van der Waals surface area contributed by atoms with Crippen molar-refractivity contribution in [1.82, 2.24) is 0 Å². The van der Waals surface area contributed by atoms with Gasteiger partial charge >= 0.3 is 10.1 Å². The first-order valence-electron chi connectivity index (χ1n) is 9.71. The molecule has 2 amide bonds. The fourth-order valence-corrected chi connectivity index (χ4v) is 3.99. The maximum atomic E-state index is 12.8. The van der Waals surface area contributed by atoms with Crippen LogP contribution in [0.5, 0.6) is 5.75 Å². The molecule has 1 heterocycles. The van der Waals surface area contributed by atoms with Gasteiger partial charge in [-0.1, -0.05) is 18.2 Å². The molecule has 3 aromatic rings. The number of hydrogen-bond donors (Lipinski definition) is 2. The average molecular weight is 452 g/mol. The van der Waals surface area contributed by atoms with Gasteiger partial charge in [-0.3, -0.25) is 9.59 Å². The molecule has 0 fully saturated rings. The monoisotopic (exact) mass is 451 g/mol. The van der Waals surface area contributed by atoms with E-state index >= 15 is 0 Å². The molecule has 0 unspecified atom stereocenters. The van der Waals surface area contributed by atoms with E-state index in [-0.39, 0.29) is 24.0 Å². The van der Waals surface area contributed by atoms with Gasteiger partial charge in [-0.05, 0) is 59.2 Å². The molecular weight excluding hydrogens is 430 g/mol. The molecule has 32 heavy (non-hydrogen) atoms. The number of likely N-dealkylation sites (N-methyl/N-ethyl adjacent to an activating group) is 1. The highest BCUT2D eigenvalue weighted by molar-refractivity contribution is 7.86. The zero-order valence-corrected chi connectivity index (χ0v) is 18.3. The first-order valence-corrected chi connectivity index (χ1v) is 11.5. The van der Waals surface area contributed by atoms with Crippen molar-refractivity contribution in [2.45, 2.75) is 6.42 Å². The van der Waals surface area contributed by atoms with Crippen molar-refractivity contribution in [3.05, 3.63) is 71.8 Å². The maximum Gasteiger partial charge on any atom is 0.306 e. The Morgan fingerprint density at radius 2 is 1.72 bits per heavy atom. The fraction of sp³-hybridized carbons (Fsp3) is 0.130. The molecule has 8 nitrogen and oxygen atoms in total. The SMILES string of the molecule is CN1C(=O)Cc2cc(C(=O)Nc3cc(-c4ccc(OS(C)(=O)=O)cc4)ccc3N)ccc21. The van der Waals surface area contributed by atoms with Gasteiger partial charge in [0.25, 0.3) is 5.91 Å². The van der Waals surface area contributed by atoms with E-state index in [1.807, 2.05) is 0 Å². The molecule has 0 aliphatic carbocycles. The summed E-state index contributed by atoms with van der Waals surface area (Å²) >= 11 is 0. The number of nitrogens with one attached hydrogen (secondary N) is 1. The molecule has 1 aliphatic heterocycles. The van der Waals surface area contributed by atoms with Gasteiger partial charge in [0.2, 0.25) is 5.91 Å². The van der Waals surface area contributed by atoms with Crippen molar-refractivity contribution in [1.29, 1.82) is 0 Å². The van der Waals surface area contributed by atoms with Crippen LogP contribution in [-0.4, -0.2) is 33.5 Å². The normalized spacial score (nSPS) is 13.1. The predicted molar refractivity (Wildman–Crippen MR) is 123 cm³/mol. The zero-order valence-electron chi connectivity index (χ0n) is 17.5. The molecule has 0 atom stereocenters. The van der Waals surface area contributed by atoms with Gasteiger partial charge in [-0.2, -0.15) is 8.42 Å². The van der Waals surface area contributed by atoms with Crippen LogP contribution in [0.3, 0.4) is 0 Å². The largest absolute Gasteiger partial charge is 0.397 e. The van der Waals surface area contributed by atoms with Crippen molar-refractivity contribution in [2.24, 2.45) is 0 Å². The molecule has 4 rings (SSSR count). The first kappa shape index (κ1) is 21.4. The van der Waals surface area contributed by atoms with E-state index in [9.17, 15) is 18.0 Å². The van der Waals surface area contributed by atoms with Crippen molar-refractivity contribution in [2.75, 3.05) is 29.3 Å². The van der Waals surface area contributed by atoms with E-state index in [2.05, 4.69) is 5.32 Å². The number of rotatable bonds is 5. The molecule has 1 aliphatic rings. The summed E-state index contributed by atoms with van der Waals surface area (Å²) in [5.41, 5.74) is 10.5. The minimum absolute atomic E-state index is 0.0116. The predicted octanol–water partition coefficient (Wildman–Crippen LogP) is 3.05. The number of fused-ring (bicyclic) bond motifs is 1. The molecule has 0 bridgehead atoms. The van der Waals surface area contributed by atoms with E-state index in [4.69, 9.17) is 9.92 Å². The van der Waals surface area contributed by atoms with Crippen molar-refractivity contribution in [3.8, 4) is 16.9 Å². The van der Waals surface area contributed by atoms with Crippen LogP contribution in [0.2, 0.25) is 0 Å². The Hall–Kier alpha value is -3.85. The topological polar surface area (TPSA) is 119 Å². The third kappa shape index (κ3) is 4.42. The molecule has 0 saturated heterocycles. The van der Waals surface area contributed by atoms with Crippen molar-refractivity contribution >= 4 is 39.0 Å². The van der Waals surface area contributed by atoms with E-state index in [0.717, 1.165) is 28.6 Å². The van der Waals surface area contributed by atoms with Gasteiger partial charge in [0.15, 0.2) is 0 Å². The lowest BCUT2D eigenvalue weighted by atomic mass is 10.0. The Morgan fingerprint density at radius 1 is 1.03 bits per heavy atom. The molecule has 0 aromatic heterocycles. The number of anilines is 3. The van der Waals surface area contributed by atoms with Crippen LogP contribution in [0, 0.1) is 0 Å². The summed E-state index contributed by atoms with van der Waals surface area (Å²) in [6, 6.07) is 16.9. The third-order valence-electron chi connectivity index (χ3n) is 5.16. The summed E-state index contributed by atoms with van der Waals surface area (Å²) in [6.45, 7) is 0. The van der Waals surface area contributed by atoms with Crippen LogP contribution in [0.1, 0.15) is 15.9 Å². The van der Waals surface area contributed by atoms with E-state index in [0.29, 0.717) is 16.9 Å². The average Bonchev–Trinajstić information content (AvgIpc) is 3.02. The Kier molecular flexibility index (Phi) is 5.35. The van der Waals surface area contributed by atoms with Crippen LogP contribution in [0.4, 0.5) is 17.1 Å². The van der Waals surface area contributed by atoms with Crippen LogP contribution in [0.25, 0.3) is 11.1 Å². The van der Waals surface area contributed by atoms with Crippen molar-refractivity contribution in [3.63, 3.8) is 0 Å². The second-order valence-corrected chi connectivity index (χ2v) is 9.12. The molecule has 164 valence electrons. The standard InChI is InChI=1S/C23H21N3O5S/c1-26-21-10-6-16(11-17(21)13-22(26)27)23(28)25-20-12-15(5-9-19(20)24)14-3-7-18(8-4-14)31-32(2,29)30/h3-12H,13,24H2,1-2H3,(H,25,28). The maximum absolute atomic E-state index is 12.8. The Bertz CT molecular complexity index is 1330. The van der Waals surface area contributed by atoms with Crippen LogP contribution >= 0.6 is 0 Å².